The highest BCUT2D eigenvalue weighted by atomic mass is 32.2. The monoisotopic (exact) mass is 324 g/mol. The molecule has 2 amide bonds. The van der Waals surface area contributed by atoms with E-state index in [2.05, 4.69) is 31.2 Å². The maximum atomic E-state index is 12.5. The number of aryl methyl sites for hydroxylation is 2. The number of aromatic nitrogens is 2. The summed E-state index contributed by atoms with van der Waals surface area (Å²) < 4.78 is 1.91. The summed E-state index contributed by atoms with van der Waals surface area (Å²) in [4.78, 5) is 14.5. The molecule has 22 heavy (non-hydrogen) atoms. The number of carbonyl (C=O) groups excluding carboxylic acids is 1. The topological polar surface area (TPSA) is 50.2 Å². The van der Waals surface area contributed by atoms with E-state index in [1.165, 1.54) is 11.3 Å². The molecule has 1 aromatic rings. The standard InChI is InChI=1S/C16H28N4OS/c1-11(10-15-13(3)18-19(5)14(15)4)17-16(21)20-7-9-22-8-6-12(20)2/h11-12H,6-10H2,1-5H3,(H,17,21)/t11-,12+/m0/s1. The Morgan fingerprint density at radius 1 is 1.45 bits per heavy atom. The number of carbonyl (C=O) groups is 1. The Morgan fingerprint density at radius 2 is 2.18 bits per heavy atom. The fourth-order valence-corrected chi connectivity index (χ4v) is 4.00. The maximum absolute atomic E-state index is 12.5. The van der Waals surface area contributed by atoms with E-state index in [0.29, 0.717) is 6.04 Å². The highest BCUT2D eigenvalue weighted by molar-refractivity contribution is 7.99. The van der Waals surface area contributed by atoms with Gasteiger partial charge >= 0.3 is 6.03 Å². The van der Waals surface area contributed by atoms with E-state index < -0.39 is 0 Å². The predicted octanol–water partition coefficient (Wildman–Crippen LogP) is 2.50. The van der Waals surface area contributed by atoms with Crippen molar-refractivity contribution in [2.45, 2.75) is 52.6 Å². The Balaban J connectivity index is 1.96. The molecule has 2 rings (SSSR count). The van der Waals surface area contributed by atoms with Gasteiger partial charge in [0.05, 0.1) is 5.69 Å². The van der Waals surface area contributed by atoms with Crippen LogP contribution in [0.3, 0.4) is 0 Å². The lowest BCUT2D eigenvalue weighted by Gasteiger charge is -2.28. The second kappa shape index (κ2) is 7.40. The molecule has 1 N–H and O–H groups in total. The van der Waals surface area contributed by atoms with Crippen molar-refractivity contribution >= 4 is 17.8 Å². The molecule has 1 saturated heterocycles. The van der Waals surface area contributed by atoms with E-state index in [4.69, 9.17) is 0 Å². The van der Waals surface area contributed by atoms with Crippen LogP contribution in [0.5, 0.6) is 0 Å². The van der Waals surface area contributed by atoms with Crippen molar-refractivity contribution in [3.8, 4) is 0 Å². The Kier molecular flexibility index (Phi) is 5.78. The molecule has 1 aliphatic rings. The quantitative estimate of drug-likeness (QED) is 0.929. The van der Waals surface area contributed by atoms with E-state index >= 15 is 0 Å². The average Bonchev–Trinajstić information content (AvgIpc) is 2.64. The van der Waals surface area contributed by atoms with Crippen molar-refractivity contribution < 1.29 is 4.79 Å². The van der Waals surface area contributed by atoms with Gasteiger partial charge in [0.2, 0.25) is 0 Å². The van der Waals surface area contributed by atoms with Crippen molar-refractivity contribution in [2.75, 3.05) is 18.1 Å². The zero-order valence-corrected chi connectivity index (χ0v) is 15.2. The van der Waals surface area contributed by atoms with Gasteiger partial charge in [0.15, 0.2) is 0 Å². The molecule has 1 aromatic heterocycles. The number of thioether (sulfide) groups is 1. The number of nitrogens with zero attached hydrogens (tertiary/aromatic N) is 3. The first-order valence-electron chi connectivity index (χ1n) is 8.04. The van der Waals surface area contributed by atoms with Gasteiger partial charge in [-0.05, 0) is 51.9 Å². The third-order valence-electron chi connectivity index (χ3n) is 4.49. The number of rotatable bonds is 3. The van der Waals surface area contributed by atoms with Gasteiger partial charge in [-0.15, -0.1) is 0 Å². The number of hydrogen-bond donors (Lipinski definition) is 1. The van der Waals surface area contributed by atoms with Crippen LogP contribution < -0.4 is 5.32 Å². The SMILES string of the molecule is Cc1nn(C)c(C)c1C[C@H](C)NC(=O)N1CCSCC[C@H]1C. The fourth-order valence-electron chi connectivity index (χ4n) is 2.96. The Labute approximate surface area is 137 Å². The van der Waals surface area contributed by atoms with Crippen molar-refractivity contribution in [1.82, 2.24) is 20.0 Å². The normalized spacial score (nSPS) is 20.6. The third kappa shape index (κ3) is 3.97. The summed E-state index contributed by atoms with van der Waals surface area (Å²) in [5.41, 5.74) is 3.48. The van der Waals surface area contributed by atoms with Gasteiger partial charge in [-0.3, -0.25) is 4.68 Å². The molecule has 0 aliphatic carbocycles. The lowest BCUT2D eigenvalue weighted by atomic mass is 10.1. The second-order valence-electron chi connectivity index (χ2n) is 6.27. The summed E-state index contributed by atoms with van der Waals surface area (Å²) in [6.45, 7) is 9.17. The van der Waals surface area contributed by atoms with Crippen molar-refractivity contribution in [3.63, 3.8) is 0 Å². The first kappa shape index (κ1) is 17.2. The van der Waals surface area contributed by atoms with E-state index in [9.17, 15) is 4.79 Å². The molecule has 0 saturated carbocycles. The van der Waals surface area contributed by atoms with E-state index in [1.54, 1.807) is 0 Å². The third-order valence-corrected chi connectivity index (χ3v) is 5.48. The molecule has 0 radical (unpaired) electrons. The molecule has 0 bridgehead atoms. The predicted molar refractivity (Wildman–Crippen MR) is 92.5 cm³/mol. The molecule has 6 heteroatoms. The first-order chi connectivity index (χ1) is 10.4. The zero-order chi connectivity index (χ0) is 16.3. The minimum Gasteiger partial charge on any atom is -0.335 e. The molecule has 5 nitrogen and oxygen atoms in total. The maximum Gasteiger partial charge on any atom is 0.317 e. The van der Waals surface area contributed by atoms with Crippen LogP contribution in [0, 0.1) is 13.8 Å². The van der Waals surface area contributed by atoms with Gasteiger partial charge in [-0.1, -0.05) is 0 Å². The summed E-state index contributed by atoms with van der Waals surface area (Å²) in [7, 11) is 1.96. The van der Waals surface area contributed by atoms with Crippen LogP contribution >= 0.6 is 11.8 Å². The number of nitrogens with one attached hydrogen (secondary N) is 1. The van der Waals surface area contributed by atoms with E-state index in [-0.39, 0.29) is 12.1 Å². The first-order valence-corrected chi connectivity index (χ1v) is 9.19. The number of urea groups is 1. The van der Waals surface area contributed by atoms with Gasteiger partial charge < -0.3 is 10.2 Å². The van der Waals surface area contributed by atoms with E-state index in [1.807, 2.05) is 35.3 Å². The molecule has 1 fully saturated rings. The van der Waals surface area contributed by atoms with Crippen LogP contribution in [0.1, 0.15) is 37.2 Å². The molecular weight excluding hydrogens is 296 g/mol. The molecular formula is C16H28N4OS. The lowest BCUT2D eigenvalue weighted by Crippen LogP contribution is -2.48. The van der Waals surface area contributed by atoms with Gasteiger partial charge in [0.25, 0.3) is 0 Å². The van der Waals surface area contributed by atoms with Crippen molar-refractivity contribution in [1.29, 1.82) is 0 Å². The van der Waals surface area contributed by atoms with Crippen LogP contribution in [0.2, 0.25) is 0 Å². The van der Waals surface area contributed by atoms with Gasteiger partial charge in [0, 0.05) is 37.1 Å². The zero-order valence-electron chi connectivity index (χ0n) is 14.3. The van der Waals surface area contributed by atoms with Crippen molar-refractivity contribution in [2.24, 2.45) is 7.05 Å². The number of amides is 2. The summed E-state index contributed by atoms with van der Waals surface area (Å²) in [6, 6.07) is 0.503. The Morgan fingerprint density at radius 3 is 2.82 bits per heavy atom. The van der Waals surface area contributed by atoms with Crippen LogP contribution in [-0.2, 0) is 13.5 Å². The molecule has 1 aliphatic heterocycles. The minimum atomic E-state index is 0.0710. The smallest absolute Gasteiger partial charge is 0.317 e. The summed E-state index contributed by atoms with van der Waals surface area (Å²) in [6.07, 6.45) is 1.90. The van der Waals surface area contributed by atoms with Gasteiger partial charge in [-0.2, -0.15) is 16.9 Å². The highest BCUT2D eigenvalue weighted by Gasteiger charge is 2.23. The Hall–Kier alpha value is -1.17. The largest absolute Gasteiger partial charge is 0.335 e. The number of hydrogen-bond acceptors (Lipinski definition) is 3. The summed E-state index contributed by atoms with van der Waals surface area (Å²) in [5, 5.41) is 7.61. The Bertz CT molecular complexity index is 528. The molecule has 0 spiro atoms. The molecule has 0 unspecified atom stereocenters. The minimum absolute atomic E-state index is 0.0710. The van der Waals surface area contributed by atoms with Crippen LogP contribution in [0.4, 0.5) is 4.79 Å². The van der Waals surface area contributed by atoms with Gasteiger partial charge in [-0.25, -0.2) is 4.79 Å². The highest BCUT2D eigenvalue weighted by Crippen LogP contribution is 2.17. The summed E-state index contributed by atoms with van der Waals surface area (Å²) in [5.74, 6) is 2.18. The second-order valence-corrected chi connectivity index (χ2v) is 7.50. The lowest BCUT2D eigenvalue weighted by molar-refractivity contribution is 0.180. The molecule has 124 valence electrons. The van der Waals surface area contributed by atoms with Crippen molar-refractivity contribution in [3.05, 3.63) is 17.0 Å². The summed E-state index contributed by atoms with van der Waals surface area (Å²) >= 11 is 1.94. The van der Waals surface area contributed by atoms with Crippen LogP contribution in [-0.4, -0.2) is 50.8 Å². The fraction of sp³-hybridized carbons (Fsp3) is 0.750. The molecule has 2 atom stereocenters. The molecule has 0 aromatic carbocycles. The van der Waals surface area contributed by atoms with Gasteiger partial charge in [0.1, 0.15) is 0 Å². The molecule has 2 heterocycles. The van der Waals surface area contributed by atoms with E-state index in [0.717, 1.165) is 36.6 Å². The van der Waals surface area contributed by atoms with Crippen LogP contribution in [0.25, 0.3) is 0 Å². The van der Waals surface area contributed by atoms with Crippen LogP contribution in [0.15, 0.2) is 0 Å². The average molecular weight is 324 g/mol.